The second kappa shape index (κ2) is 10.5. The first-order valence-electron chi connectivity index (χ1n) is 10.9. The third kappa shape index (κ3) is 5.22. The Bertz CT molecular complexity index is 1290. The molecule has 0 bridgehead atoms. The Kier molecular flexibility index (Phi) is 8.05. The van der Waals surface area contributed by atoms with Crippen LogP contribution >= 0.6 is 12.4 Å². The lowest BCUT2D eigenvalue weighted by molar-refractivity contribution is -0.140. The van der Waals surface area contributed by atoms with Crippen molar-refractivity contribution in [3.63, 3.8) is 0 Å². The predicted molar refractivity (Wildman–Crippen MR) is 127 cm³/mol. The highest BCUT2D eigenvalue weighted by atomic mass is 35.5. The number of nitrogens with zero attached hydrogens (tertiary/aromatic N) is 1. The number of halogens is 7. The molecule has 192 valence electrons. The Morgan fingerprint density at radius 1 is 1.00 bits per heavy atom. The van der Waals surface area contributed by atoms with E-state index in [2.05, 4.69) is 5.32 Å². The average Bonchev–Trinajstić information content (AvgIpc) is 3.24. The van der Waals surface area contributed by atoms with Gasteiger partial charge in [-0.05, 0) is 60.7 Å². The highest BCUT2D eigenvalue weighted by Gasteiger charge is 2.38. The van der Waals surface area contributed by atoms with Crippen LogP contribution in [-0.4, -0.2) is 12.5 Å². The smallest absolute Gasteiger partial charge is 0.310 e. The maximum atomic E-state index is 14.5. The number of carbonyl (C=O) groups is 1. The molecule has 0 aromatic heterocycles. The fraction of sp³-hybridized carbons (Fsp3) is 0.269. The molecule has 3 aromatic carbocycles. The van der Waals surface area contributed by atoms with Gasteiger partial charge in [0.2, 0.25) is 5.91 Å². The van der Waals surface area contributed by atoms with Gasteiger partial charge in [0.15, 0.2) is 11.6 Å². The lowest BCUT2D eigenvalue weighted by Gasteiger charge is -2.27. The van der Waals surface area contributed by atoms with Crippen LogP contribution in [0, 0.1) is 31.3 Å². The van der Waals surface area contributed by atoms with E-state index in [4.69, 9.17) is 0 Å². The third-order valence-electron chi connectivity index (χ3n) is 6.32. The molecule has 0 saturated carbocycles. The van der Waals surface area contributed by atoms with Gasteiger partial charge in [-0.1, -0.05) is 30.3 Å². The second-order valence-corrected chi connectivity index (χ2v) is 8.53. The van der Waals surface area contributed by atoms with Gasteiger partial charge in [-0.2, -0.15) is 13.2 Å². The second-order valence-electron chi connectivity index (χ2n) is 8.53. The highest BCUT2D eigenvalue weighted by molar-refractivity contribution is 5.98. The Hall–Kier alpha value is -3.04. The van der Waals surface area contributed by atoms with E-state index in [-0.39, 0.29) is 25.0 Å². The van der Waals surface area contributed by atoms with Gasteiger partial charge in [0.05, 0.1) is 5.56 Å². The van der Waals surface area contributed by atoms with Gasteiger partial charge in [0, 0.05) is 24.3 Å². The van der Waals surface area contributed by atoms with E-state index in [0.717, 1.165) is 22.3 Å². The molecule has 36 heavy (non-hydrogen) atoms. The van der Waals surface area contributed by atoms with E-state index in [9.17, 15) is 31.1 Å². The quantitative estimate of drug-likeness (QED) is 0.300. The fourth-order valence-corrected chi connectivity index (χ4v) is 4.23. The fourth-order valence-electron chi connectivity index (χ4n) is 4.23. The summed E-state index contributed by atoms with van der Waals surface area (Å²) in [5.41, 5.74) is 1.14. The minimum atomic E-state index is -5.24. The standard InChI is InChI=1S/C26H22F6N2O.ClH/c1-14-7-8-17(11-15(14)2)34(25(35)24-18-6-4-3-5-16(18)13-33-24)10-9-19-21(27)12-20(26(30,31)32)23(29)22(19)28;/h3-8,11-12,24,33H,9-10,13H2,1-2H3;1H. The predicted octanol–water partition coefficient (Wildman–Crippen LogP) is 6.58. The molecule has 0 aliphatic carbocycles. The van der Waals surface area contributed by atoms with Crippen LogP contribution in [0.2, 0.25) is 0 Å². The van der Waals surface area contributed by atoms with Crippen LogP contribution in [0.5, 0.6) is 0 Å². The maximum absolute atomic E-state index is 14.5. The van der Waals surface area contributed by atoms with E-state index < -0.39 is 53.1 Å². The topological polar surface area (TPSA) is 32.3 Å². The number of fused-ring (bicyclic) bond motifs is 1. The molecule has 3 aromatic rings. The van der Waals surface area contributed by atoms with Gasteiger partial charge in [-0.25, -0.2) is 13.2 Å². The number of anilines is 1. The number of benzene rings is 3. The van der Waals surface area contributed by atoms with Crippen LogP contribution in [-0.2, 0) is 23.9 Å². The summed E-state index contributed by atoms with van der Waals surface area (Å²) >= 11 is 0. The molecular formula is C26H23ClF6N2O. The van der Waals surface area contributed by atoms with Crippen LogP contribution in [0.15, 0.2) is 48.5 Å². The Morgan fingerprint density at radius 2 is 1.69 bits per heavy atom. The Morgan fingerprint density at radius 3 is 2.36 bits per heavy atom. The SMILES string of the molecule is Cc1ccc(N(CCc2c(F)cc(C(F)(F)F)c(F)c2F)C(=O)C2NCc3ccccc32)cc1C.Cl. The number of rotatable bonds is 5. The summed E-state index contributed by atoms with van der Waals surface area (Å²) in [6.45, 7) is 3.91. The molecule has 0 spiro atoms. The van der Waals surface area contributed by atoms with Crippen molar-refractivity contribution in [1.29, 1.82) is 0 Å². The minimum Gasteiger partial charge on any atom is -0.310 e. The molecule has 4 rings (SSSR count). The van der Waals surface area contributed by atoms with E-state index in [1.54, 1.807) is 30.3 Å². The number of alkyl halides is 3. The van der Waals surface area contributed by atoms with Gasteiger partial charge >= 0.3 is 6.18 Å². The van der Waals surface area contributed by atoms with Gasteiger partial charge in [0.1, 0.15) is 11.9 Å². The van der Waals surface area contributed by atoms with Gasteiger partial charge in [-0.15, -0.1) is 12.4 Å². The molecule has 0 fully saturated rings. The van der Waals surface area contributed by atoms with Crippen molar-refractivity contribution in [3.8, 4) is 0 Å². The first-order valence-corrected chi connectivity index (χ1v) is 10.9. The first-order chi connectivity index (χ1) is 16.5. The number of carbonyl (C=O) groups excluding carboxylic acids is 1. The molecule has 1 N–H and O–H groups in total. The number of aryl methyl sites for hydroxylation is 2. The van der Waals surface area contributed by atoms with Crippen LogP contribution in [0.1, 0.15) is 39.4 Å². The lowest BCUT2D eigenvalue weighted by atomic mass is 10.0. The zero-order chi connectivity index (χ0) is 25.5. The van der Waals surface area contributed by atoms with Crippen LogP contribution < -0.4 is 10.2 Å². The van der Waals surface area contributed by atoms with Crippen LogP contribution in [0.25, 0.3) is 0 Å². The van der Waals surface area contributed by atoms with E-state index >= 15 is 0 Å². The largest absolute Gasteiger partial charge is 0.419 e. The van der Waals surface area contributed by atoms with Crippen molar-refractivity contribution in [2.24, 2.45) is 0 Å². The average molecular weight is 529 g/mol. The van der Waals surface area contributed by atoms with Crippen molar-refractivity contribution in [1.82, 2.24) is 5.32 Å². The number of hydrogen-bond acceptors (Lipinski definition) is 2. The first kappa shape index (κ1) is 27.5. The Balaban J connectivity index is 0.00000361. The molecule has 1 heterocycles. The Labute approximate surface area is 210 Å². The molecule has 1 unspecified atom stereocenters. The summed E-state index contributed by atoms with van der Waals surface area (Å²) in [6.07, 6.45) is -5.77. The highest BCUT2D eigenvalue weighted by Crippen LogP contribution is 2.35. The van der Waals surface area contributed by atoms with E-state index in [1.807, 2.05) is 26.0 Å². The molecule has 1 aliphatic rings. The zero-order valence-corrected chi connectivity index (χ0v) is 20.2. The molecular weight excluding hydrogens is 506 g/mol. The molecule has 1 aliphatic heterocycles. The van der Waals surface area contributed by atoms with Crippen molar-refractivity contribution < 1.29 is 31.1 Å². The van der Waals surface area contributed by atoms with Crippen molar-refractivity contribution in [3.05, 3.63) is 99.4 Å². The minimum absolute atomic E-state index is 0. The third-order valence-corrected chi connectivity index (χ3v) is 6.32. The van der Waals surface area contributed by atoms with Crippen LogP contribution in [0.3, 0.4) is 0 Å². The lowest BCUT2D eigenvalue weighted by Crippen LogP contribution is -2.40. The summed E-state index contributed by atoms with van der Waals surface area (Å²) in [5, 5.41) is 3.13. The summed E-state index contributed by atoms with van der Waals surface area (Å²) < 4.78 is 81.8. The number of nitrogens with one attached hydrogen (secondary N) is 1. The summed E-state index contributed by atoms with van der Waals surface area (Å²) in [6, 6.07) is 11.8. The van der Waals surface area contributed by atoms with Crippen molar-refractivity contribution in [2.75, 3.05) is 11.4 Å². The zero-order valence-electron chi connectivity index (χ0n) is 19.3. The molecule has 10 heteroatoms. The van der Waals surface area contributed by atoms with E-state index in [0.29, 0.717) is 12.2 Å². The van der Waals surface area contributed by atoms with Crippen molar-refractivity contribution >= 4 is 24.0 Å². The van der Waals surface area contributed by atoms with Gasteiger partial charge in [0.25, 0.3) is 0 Å². The monoisotopic (exact) mass is 528 g/mol. The molecule has 1 amide bonds. The molecule has 0 radical (unpaired) electrons. The molecule has 3 nitrogen and oxygen atoms in total. The summed E-state index contributed by atoms with van der Waals surface area (Å²) in [5.74, 6) is -5.99. The summed E-state index contributed by atoms with van der Waals surface area (Å²) in [7, 11) is 0. The normalized spacial score (nSPS) is 14.8. The van der Waals surface area contributed by atoms with Gasteiger partial charge < -0.3 is 4.90 Å². The summed E-state index contributed by atoms with van der Waals surface area (Å²) in [4.78, 5) is 14.9. The van der Waals surface area contributed by atoms with Crippen molar-refractivity contribution in [2.45, 2.75) is 39.0 Å². The van der Waals surface area contributed by atoms with Crippen LogP contribution in [0.4, 0.5) is 32.0 Å². The molecule has 0 saturated heterocycles. The van der Waals surface area contributed by atoms with Gasteiger partial charge in [-0.3, -0.25) is 10.1 Å². The molecule has 1 atom stereocenters. The number of amides is 1. The maximum Gasteiger partial charge on any atom is 0.419 e. The number of hydrogen-bond donors (Lipinski definition) is 1. The van der Waals surface area contributed by atoms with E-state index in [1.165, 1.54) is 4.90 Å².